The highest BCUT2D eigenvalue weighted by Crippen LogP contribution is 2.17. The van der Waals surface area contributed by atoms with Gasteiger partial charge in [0.05, 0.1) is 13.0 Å². The van der Waals surface area contributed by atoms with Crippen molar-refractivity contribution < 1.29 is 19.4 Å². The molecule has 0 saturated carbocycles. The Morgan fingerprint density at radius 2 is 1.81 bits per heavy atom. The zero-order chi connectivity index (χ0) is 12.6. The van der Waals surface area contributed by atoms with Crippen LogP contribution in [0.1, 0.15) is 46.0 Å². The second-order valence-corrected chi connectivity index (χ2v) is 4.47. The number of aliphatic carboxylic acids is 1. The molecule has 0 rings (SSSR count). The molecule has 0 aromatic heterocycles. The van der Waals surface area contributed by atoms with E-state index in [1.165, 1.54) is 7.11 Å². The maximum atomic E-state index is 10.9. The van der Waals surface area contributed by atoms with Crippen molar-refractivity contribution in [2.24, 2.45) is 11.8 Å². The van der Waals surface area contributed by atoms with Crippen molar-refractivity contribution in [1.82, 2.24) is 0 Å². The van der Waals surface area contributed by atoms with Crippen LogP contribution in [0, 0.1) is 11.8 Å². The molecule has 0 fully saturated rings. The quantitative estimate of drug-likeness (QED) is 0.650. The Hall–Kier alpha value is -1.06. The minimum atomic E-state index is -0.812. The van der Waals surface area contributed by atoms with E-state index < -0.39 is 11.9 Å². The van der Waals surface area contributed by atoms with Gasteiger partial charge in [-0.3, -0.25) is 9.59 Å². The van der Waals surface area contributed by atoms with Gasteiger partial charge in [0.2, 0.25) is 0 Å². The summed E-state index contributed by atoms with van der Waals surface area (Å²) >= 11 is 0. The first-order valence-corrected chi connectivity index (χ1v) is 5.77. The lowest BCUT2D eigenvalue weighted by molar-refractivity contribution is -0.144. The fourth-order valence-electron chi connectivity index (χ4n) is 1.56. The van der Waals surface area contributed by atoms with Gasteiger partial charge >= 0.3 is 11.9 Å². The topological polar surface area (TPSA) is 63.6 Å². The number of carbonyl (C=O) groups excluding carboxylic acids is 1. The van der Waals surface area contributed by atoms with Crippen LogP contribution in [0.2, 0.25) is 0 Å². The Balaban J connectivity index is 3.89. The summed E-state index contributed by atoms with van der Waals surface area (Å²) in [7, 11) is 1.32. The molecule has 0 aliphatic heterocycles. The van der Waals surface area contributed by atoms with Gasteiger partial charge in [-0.15, -0.1) is 0 Å². The fourth-order valence-corrected chi connectivity index (χ4v) is 1.56. The number of ether oxygens (including phenoxy) is 1. The van der Waals surface area contributed by atoms with Crippen LogP contribution in [-0.4, -0.2) is 24.2 Å². The van der Waals surface area contributed by atoms with E-state index in [1.54, 1.807) is 0 Å². The molecule has 0 aromatic rings. The van der Waals surface area contributed by atoms with E-state index in [2.05, 4.69) is 18.6 Å². The lowest BCUT2D eigenvalue weighted by Crippen LogP contribution is -2.16. The SMILES string of the molecule is COC(=O)CCC(CCCC(C)C)C(=O)O. The highest BCUT2D eigenvalue weighted by molar-refractivity contribution is 5.73. The van der Waals surface area contributed by atoms with Gasteiger partial charge in [0.15, 0.2) is 0 Å². The van der Waals surface area contributed by atoms with Crippen molar-refractivity contribution in [3.8, 4) is 0 Å². The third-order valence-electron chi connectivity index (χ3n) is 2.61. The smallest absolute Gasteiger partial charge is 0.306 e. The standard InChI is InChI=1S/C12H22O4/c1-9(2)5-4-6-10(12(14)15)7-8-11(13)16-3/h9-10H,4-8H2,1-3H3,(H,14,15). The molecule has 94 valence electrons. The Bertz CT molecular complexity index is 223. The lowest BCUT2D eigenvalue weighted by Gasteiger charge is -2.12. The second-order valence-electron chi connectivity index (χ2n) is 4.47. The maximum Gasteiger partial charge on any atom is 0.306 e. The van der Waals surface area contributed by atoms with Crippen LogP contribution in [0.25, 0.3) is 0 Å². The van der Waals surface area contributed by atoms with Crippen LogP contribution in [0.4, 0.5) is 0 Å². The Morgan fingerprint density at radius 3 is 2.25 bits per heavy atom. The molecule has 1 N–H and O–H groups in total. The number of carboxylic acids is 1. The van der Waals surface area contributed by atoms with Crippen LogP contribution >= 0.6 is 0 Å². The summed E-state index contributed by atoms with van der Waals surface area (Å²) in [6, 6.07) is 0. The predicted octanol–water partition coefficient (Wildman–Crippen LogP) is 2.47. The van der Waals surface area contributed by atoms with Crippen LogP contribution in [0.5, 0.6) is 0 Å². The average Bonchev–Trinajstić information content (AvgIpc) is 2.21. The summed E-state index contributed by atoms with van der Waals surface area (Å²) in [5.41, 5.74) is 0. The average molecular weight is 230 g/mol. The number of hydrogen-bond acceptors (Lipinski definition) is 3. The summed E-state index contributed by atoms with van der Waals surface area (Å²) < 4.78 is 4.49. The molecule has 1 unspecified atom stereocenters. The Morgan fingerprint density at radius 1 is 1.19 bits per heavy atom. The molecule has 4 nitrogen and oxygen atoms in total. The van der Waals surface area contributed by atoms with E-state index in [-0.39, 0.29) is 12.4 Å². The molecule has 0 saturated heterocycles. The molecule has 0 radical (unpaired) electrons. The molecule has 1 atom stereocenters. The summed E-state index contributed by atoms with van der Waals surface area (Å²) in [6.45, 7) is 4.23. The van der Waals surface area contributed by atoms with Gasteiger partial charge in [-0.05, 0) is 18.8 Å². The van der Waals surface area contributed by atoms with Crippen LogP contribution in [0.3, 0.4) is 0 Å². The van der Waals surface area contributed by atoms with Gasteiger partial charge in [0.25, 0.3) is 0 Å². The van der Waals surface area contributed by atoms with Crippen molar-refractivity contribution >= 4 is 11.9 Å². The molecule has 0 aliphatic rings. The van der Waals surface area contributed by atoms with Crippen LogP contribution in [-0.2, 0) is 14.3 Å². The molecular formula is C12H22O4. The van der Waals surface area contributed by atoms with Gasteiger partial charge < -0.3 is 9.84 Å². The normalized spacial score (nSPS) is 12.5. The van der Waals surface area contributed by atoms with Crippen molar-refractivity contribution in [3.05, 3.63) is 0 Å². The summed E-state index contributed by atoms with van der Waals surface area (Å²) in [5, 5.41) is 8.97. The first kappa shape index (κ1) is 14.9. The predicted molar refractivity (Wildman–Crippen MR) is 61.1 cm³/mol. The first-order valence-electron chi connectivity index (χ1n) is 5.77. The van der Waals surface area contributed by atoms with Gasteiger partial charge in [-0.1, -0.05) is 26.7 Å². The fraction of sp³-hybridized carbons (Fsp3) is 0.833. The summed E-state index contributed by atoms with van der Waals surface area (Å²) in [6.07, 6.45) is 3.14. The van der Waals surface area contributed by atoms with Gasteiger partial charge in [-0.25, -0.2) is 0 Å². The van der Waals surface area contributed by atoms with Crippen molar-refractivity contribution in [1.29, 1.82) is 0 Å². The van der Waals surface area contributed by atoms with Gasteiger partial charge in [0, 0.05) is 6.42 Å². The molecule has 0 spiro atoms. The third-order valence-corrected chi connectivity index (χ3v) is 2.61. The number of hydrogen-bond donors (Lipinski definition) is 1. The minimum absolute atomic E-state index is 0.190. The number of carboxylic acid groups (broad SMARTS) is 1. The van der Waals surface area contributed by atoms with Crippen LogP contribution in [0.15, 0.2) is 0 Å². The highest BCUT2D eigenvalue weighted by Gasteiger charge is 2.18. The minimum Gasteiger partial charge on any atom is -0.481 e. The maximum absolute atomic E-state index is 10.9. The lowest BCUT2D eigenvalue weighted by atomic mass is 9.94. The van der Waals surface area contributed by atoms with E-state index in [1.807, 2.05) is 0 Å². The molecule has 0 amide bonds. The summed E-state index contributed by atoms with van der Waals surface area (Å²) in [5.74, 6) is -0.976. The zero-order valence-corrected chi connectivity index (χ0v) is 10.4. The van der Waals surface area contributed by atoms with E-state index >= 15 is 0 Å². The second kappa shape index (κ2) is 8.13. The largest absolute Gasteiger partial charge is 0.481 e. The molecule has 16 heavy (non-hydrogen) atoms. The first-order chi connectivity index (χ1) is 7.47. The number of esters is 1. The van der Waals surface area contributed by atoms with Crippen LogP contribution < -0.4 is 0 Å². The Kier molecular flexibility index (Phi) is 7.60. The molecule has 0 aliphatic carbocycles. The summed E-state index contributed by atoms with van der Waals surface area (Å²) in [4.78, 5) is 21.8. The number of rotatable bonds is 8. The monoisotopic (exact) mass is 230 g/mol. The Labute approximate surface area is 97.0 Å². The number of methoxy groups -OCH3 is 1. The highest BCUT2D eigenvalue weighted by atomic mass is 16.5. The van der Waals surface area contributed by atoms with Gasteiger partial charge in [0.1, 0.15) is 0 Å². The zero-order valence-electron chi connectivity index (χ0n) is 10.4. The molecule has 0 heterocycles. The van der Waals surface area contributed by atoms with E-state index in [4.69, 9.17) is 5.11 Å². The van der Waals surface area contributed by atoms with Crippen molar-refractivity contribution in [2.75, 3.05) is 7.11 Å². The van der Waals surface area contributed by atoms with Crippen molar-refractivity contribution in [2.45, 2.75) is 46.0 Å². The van der Waals surface area contributed by atoms with Gasteiger partial charge in [-0.2, -0.15) is 0 Å². The molecule has 0 bridgehead atoms. The number of carbonyl (C=O) groups is 2. The van der Waals surface area contributed by atoms with E-state index in [0.717, 1.165) is 12.8 Å². The third kappa shape index (κ3) is 7.26. The molecule has 0 aromatic carbocycles. The van der Waals surface area contributed by atoms with E-state index in [0.29, 0.717) is 18.8 Å². The molecular weight excluding hydrogens is 208 g/mol. The molecule has 4 heteroatoms. The van der Waals surface area contributed by atoms with Crippen molar-refractivity contribution in [3.63, 3.8) is 0 Å². The van der Waals surface area contributed by atoms with E-state index in [9.17, 15) is 9.59 Å².